The van der Waals surface area contributed by atoms with Crippen molar-refractivity contribution in [2.75, 3.05) is 0 Å². The topological polar surface area (TPSA) is 25.8 Å². The second-order valence-electron chi connectivity index (χ2n) is 2.33. The van der Waals surface area contributed by atoms with Crippen LogP contribution >= 0.6 is 27.5 Å². The number of aromatic nitrogens is 2. The highest BCUT2D eigenvalue weighted by molar-refractivity contribution is 9.10. The van der Waals surface area contributed by atoms with Crippen molar-refractivity contribution in [3.63, 3.8) is 0 Å². The van der Waals surface area contributed by atoms with Gasteiger partial charge in [0.05, 0.1) is 0 Å². The van der Waals surface area contributed by atoms with E-state index in [4.69, 9.17) is 11.6 Å². The first-order valence-electron chi connectivity index (χ1n) is 3.33. The van der Waals surface area contributed by atoms with Gasteiger partial charge >= 0.3 is 0 Å². The van der Waals surface area contributed by atoms with Gasteiger partial charge in [-0.1, -0.05) is 11.6 Å². The number of nitrogens with zero attached hydrogens (tertiary/aromatic N) is 2. The Labute approximate surface area is 82.7 Å². The average Bonchev–Trinajstić information content (AvgIpc) is 2.07. The highest BCUT2D eigenvalue weighted by Gasteiger charge is 1.99. The van der Waals surface area contributed by atoms with Crippen molar-refractivity contribution in [2.24, 2.45) is 0 Å². The molecule has 0 aliphatic rings. The summed E-state index contributed by atoms with van der Waals surface area (Å²) >= 11 is 9.06. The van der Waals surface area contributed by atoms with Crippen LogP contribution < -0.4 is 0 Å². The molecule has 2 rings (SSSR count). The Balaban J connectivity index is 2.88. The second kappa shape index (κ2) is 2.99. The summed E-state index contributed by atoms with van der Waals surface area (Å²) in [5, 5.41) is 2.50. The van der Waals surface area contributed by atoms with Crippen LogP contribution in [0.15, 0.2) is 29.1 Å². The second-order valence-corrected chi connectivity index (χ2v) is 3.47. The zero-order chi connectivity index (χ0) is 8.55. The third-order valence-electron chi connectivity index (χ3n) is 1.57. The van der Waals surface area contributed by atoms with Crippen LogP contribution in [0, 0.1) is 0 Å². The van der Waals surface area contributed by atoms with Crippen molar-refractivity contribution in [3.05, 3.63) is 34.3 Å². The molecule has 2 nitrogen and oxygen atoms in total. The largest absolute Gasteiger partial charge is 0.249 e. The van der Waals surface area contributed by atoms with E-state index in [1.807, 2.05) is 6.07 Å². The summed E-state index contributed by atoms with van der Waals surface area (Å²) in [6, 6.07) is 3.68. The molecular weight excluding hydrogens is 239 g/mol. The third kappa shape index (κ3) is 1.30. The van der Waals surface area contributed by atoms with Gasteiger partial charge in [-0.3, -0.25) is 0 Å². The van der Waals surface area contributed by atoms with Gasteiger partial charge in [0.25, 0.3) is 0 Å². The maximum absolute atomic E-state index is 5.73. The van der Waals surface area contributed by atoms with Gasteiger partial charge in [0, 0.05) is 23.2 Å². The lowest BCUT2D eigenvalue weighted by molar-refractivity contribution is 1.29. The van der Waals surface area contributed by atoms with Crippen molar-refractivity contribution in [3.8, 4) is 0 Å². The lowest BCUT2D eigenvalue weighted by Crippen LogP contribution is -1.81. The van der Waals surface area contributed by atoms with E-state index in [-0.39, 0.29) is 0 Å². The number of pyridine rings is 2. The van der Waals surface area contributed by atoms with E-state index in [9.17, 15) is 0 Å². The highest BCUT2D eigenvalue weighted by atomic mass is 79.9. The molecule has 0 N–H and O–H groups in total. The Bertz CT molecular complexity index is 430. The van der Waals surface area contributed by atoms with Gasteiger partial charge in [0.15, 0.2) is 0 Å². The molecule has 4 heteroatoms. The summed E-state index contributed by atoms with van der Waals surface area (Å²) in [5.41, 5.74) is 0. The van der Waals surface area contributed by atoms with Crippen LogP contribution in [0.4, 0.5) is 0 Å². The number of fused-ring (bicyclic) bond motifs is 1. The molecule has 0 spiro atoms. The molecule has 0 aliphatic carbocycles. The molecule has 2 aromatic heterocycles. The summed E-state index contributed by atoms with van der Waals surface area (Å²) in [7, 11) is 0. The predicted molar refractivity (Wildman–Crippen MR) is 52.2 cm³/mol. The van der Waals surface area contributed by atoms with Crippen molar-refractivity contribution >= 4 is 38.3 Å². The molecule has 0 bridgehead atoms. The molecule has 0 aliphatic heterocycles. The van der Waals surface area contributed by atoms with E-state index in [0.717, 1.165) is 15.4 Å². The molecule has 0 saturated carbocycles. The van der Waals surface area contributed by atoms with E-state index >= 15 is 0 Å². The minimum absolute atomic E-state index is 0.483. The van der Waals surface area contributed by atoms with Gasteiger partial charge in [-0.2, -0.15) is 0 Å². The smallest absolute Gasteiger partial charge is 0.129 e. The summed E-state index contributed by atoms with van der Waals surface area (Å²) < 4.78 is 0.796. The summed E-state index contributed by atoms with van der Waals surface area (Å²) in [5.74, 6) is 0. The average molecular weight is 243 g/mol. The minimum Gasteiger partial charge on any atom is -0.249 e. The molecule has 0 aromatic carbocycles. The van der Waals surface area contributed by atoms with Crippen LogP contribution in [0.3, 0.4) is 0 Å². The van der Waals surface area contributed by atoms with Gasteiger partial charge in [-0.15, -0.1) is 0 Å². The van der Waals surface area contributed by atoms with Crippen LogP contribution in [0.25, 0.3) is 10.8 Å². The predicted octanol–water partition coefficient (Wildman–Crippen LogP) is 3.05. The molecule has 0 amide bonds. The molecule has 0 radical (unpaired) electrons. The standard InChI is InChI=1S/C8H4BrClN2/c9-8-6-3-7(10)12-4-5(6)1-2-11-8/h1-4H. The Morgan fingerprint density at radius 1 is 1.33 bits per heavy atom. The van der Waals surface area contributed by atoms with Crippen molar-refractivity contribution in [2.45, 2.75) is 0 Å². The minimum atomic E-state index is 0.483. The monoisotopic (exact) mass is 242 g/mol. The lowest BCUT2D eigenvalue weighted by Gasteiger charge is -1.98. The van der Waals surface area contributed by atoms with Gasteiger partial charge in [-0.25, -0.2) is 9.97 Å². The first-order valence-corrected chi connectivity index (χ1v) is 4.50. The fraction of sp³-hybridized carbons (Fsp3) is 0. The Morgan fingerprint density at radius 2 is 2.17 bits per heavy atom. The zero-order valence-electron chi connectivity index (χ0n) is 5.96. The van der Waals surface area contributed by atoms with Gasteiger partial charge in [0.2, 0.25) is 0 Å². The molecule has 12 heavy (non-hydrogen) atoms. The van der Waals surface area contributed by atoms with E-state index < -0.39 is 0 Å². The van der Waals surface area contributed by atoms with Crippen LogP contribution in [0.2, 0.25) is 5.15 Å². The van der Waals surface area contributed by atoms with Crippen LogP contribution in [-0.2, 0) is 0 Å². The first-order chi connectivity index (χ1) is 5.77. The van der Waals surface area contributed by atoms with Gasteiger partial charge < -0.3 is 0 Å². The third-order valence-corrected chi connectivity index (χ3v) is 2.40. The Kier molecular flexibility index (Phi) is 1.98. The van der Waals surface area contributed by atoms with Crippen molar-refractivity contribution < 1.29 is 0 Å². The first kappa shape index (κ1) is 7.95. The fourth-order valence-electron chi connectivity index (χ4n) is 1.00. The van der Waals surface area contributed by atoms with Gasteiger partial charge in [0.1, 0.15) is 9.76 Å². The fourth-order valence-corrected chi connectivity index (χ4v) is 1.62. The number of halogens is 2. The molecule has 0 saturated heterocycles. The molecule has 0 fully saturated rings. The SMILES string of the molecule is Clc1cc2c(Br)nccc2cn1. The van der Waals surface area contributed by atoms with Crippen molar-refractivity contribution in [1.82, 2.24) is 9.97 Å². The summed E-state index contributed by atoms with van der Waals surface area (Å²) in [6.45, 7) is 0. The maximum Gasteiger partial charge on any atom is 0.129 e. The molecule has 0 unspecified atom stereocenters. The zero-order valence-corrected chi connectivity index (χ0v) is 8.30. The number of hydrogen-bond acceptors (Lipinski definition) is 2. The Morgan fingerprint density at radius 3 is 3.00 bits per heavy atom. The molecule has 2 heterocycles. The molecule has 0 atom stereocenters. The summed E-state index contributed by atoms with van der Waals surface area (Å²) in [4.78, 5) is 8.04. The van der Waals surface area contributed by atoms with Crippen LogP contribution in [0.1, 0.15) is 0 Å². The van der Waals surface area contributed by atoms with E-state index in [2.05, 4.69) is 25.9 Å². The van der Waals surface area contributed by atoms with Crippen LogP contribution in [-0.4, -0.2) is 9.97 Å². The Hall–Kier alpha value is -0.670. The van der Waals surface area contributed by atoms with E-state index in [0.29, 0.717) is 5.15 Å². The quantitative estimate of drug-likeness (QED) is 0.665. The van der Waals surface area contributed by atoms with Crippen LogP contribution in [0.5, 0.6) is 0 Å². The maximum atomic E-state index is 5.73. The normalized spacial score (nSPS) is 10.5. The number of hydrogen-bond donors (Lipinski definition) is 0. The molecule has 60 valence electrons. The lowest BCUT2D eigenvalue weighted by atomic mass is 10.2. The van der Waals surface area contributed by atoms with E-state index in [1.54, 1.807) is 18.5 Å². The highest BCUT2D eigenvalue weighted by Crippen LogP contribution is 2.22. The number of rotatable bonds is 0. The van der Waals surface area contributed by atoms with Crippen molar-refractivity contribution in [1.29, 1.82) is 0 Å². The molecule has 2 aromatic rings. The molecular formula is C8H4BrClN2. The van der Waals surface area contributed by atoms with E-state index in [1.165, 1.54) is 0 Å². The summed E-state index contributed by atoms with van der Waals surface area (Å²) in [6.07, 6.45) is 3.45. The van der Waals surface area contributed by atoms with Gasteiger partial charge in [-0.05, 0) is 28.1 Å².